The molecule has 2 heterocycles. The molecule has 0 atom stereocenters. The largest absolute Gasteiger partial charge is 0.451 e. The van der Waals surface area contributed by atoms with Crippen molar-refractivity contribution in [2.45, 2.75) is 20.8 Å². The summed E-state index contributed by atoms with van der Waals surface area (Å²) in [6.45, 7) is 5.15. The van der Waals surface area contributed by atoms with Gasteiger partial charge in [-0.3, -0.25) is 4.79 Å². The molecule has 1 aromatic carbocycles. The van der Waals surface area contributed by atoms with E-state index >= 15 is 0 Å². The molecule has 140 valence electrons. The smallest absolute Gasteiger partial charge is 0.351 e. The maximum absolute atomic E-state index is 12.4. The number of rotatable bonds is 4. The number of esters is 1. The monoisotopic (exact) mass is 403 g/mol. The van der Waals surface area contributed by atoms with Crippen LogP contribution in [0.15, 0.2) is 24.3 Å². The van der Waals surface area contributed by atoms with Crippen LogP contribution in [-0.4, -0.2) is 23.5 Å². The van der Waals surface area contributed by atoms with Crippen molar-refractivity contribution in [3.8, 4) is 0 Å². The number of fused-ring (bicyclic) bond motifs is 1. The van der Waals surface area contributed by atoms with Gasteiger partial charge in [0.2, 0.25) is 0 Å². The Morgan fingerprint density at radius 3 is 2.78 bits per heavy atom. The van der Waals surface area contributed by atoms with Gasteiger partial charge in [0.05, 0.1) is 5.69 Å². The number of carbonyl (C=O) groups excluding carboxylic acids is 2. The molecule has 0 aliphatic carbocycles. The van der Waals surface area contributed by atoms with E-state index in [1.54, 1.807) is 25.1 Å². The Morgan fingerprint density at radius 1 is 1.30 bits per heavy atom. The number of carbonyl (C=O) groups is 2. The number of hydrogen-bond donors (Lipinski definition) is 2. The van der Waals surface area contributed by atoms with Crippen molar-refractivity contribution in [1.29, 1.82) is 0 Å². The number of ether oxygens (including phenoxy) is 1. The van der Waals surface area contributed by atoms with Gasteiger partial charge in [0.1, 0.15) is 9.71 Å². The van der Waals surface area contributed by atoms with Crippen molar-refractivity contribution >= 4 is 56.4 Å². The summed E-state index contributed by atoms with van der Waals surface area (Å²) < 4.78 is 5.13. The van der Waals surface area contributed by atoms with E-state index in [4.69, 9.17) is 22.1 Å². The second kappa shape index (κ2) is 7.54. The molecule has 0 bridgehead atoms. The van der Waals surface area contributed by atoms with E-state index in [0.717, 1.165) is 33.5 Å². The minimum absolute atomic E-state index is 0.248. The number of anilines is 2. The Morgan fingerprint density at radius 2 is 2.04 bits per heavy atom. The highest BCUT2D eigenvalue weighted by atomic mass is 35.5. The van der Waals surface area contributed by atoms with Crippen LogP contribution in [0.5, 0.6) is 0 Å². The second-order valence-electron chi connectivity index (χ2n) is 6.14. The number of nitrogen functional groups attached to an aromatic ring is 1. The van der Waals surface area contributed by atoms with Crippen LogP contribution in [0.1, 0.15) is 26.5 Å². The molecule has 1 amide bonds. The average Bonchev–Trinajstić information content (AvgIpc) is 2.93. The molecular weight excluding hydrogens is 386 g/mol. The molecule has 0 aliphatic rings. The Kier molecular flexibility index (Phi) is 5.34. The fourth-order valence-electron chi connectivity index (χ4n) is 2.75. The zero-order valence-corrected chi connectivity index (χ0v) is 16.6. The number of amides is 1. The molecule has 0 radical (unpaired) electrons. The molecule has 8 heteroatoms. The maximum Gasteiger partial charge on any atom is 0.351 e. The first-order valence-corrected chi connectivity index (χ1v) is 9.35. The lowest BCUT2D eigenvalue weighted by atomic mass is 10.1. The number of aryl methyl sites for hydroxylation is 2. The molecule has 3 N–H and O–H groups in total. The standard InChI is InChI=1S/C19H18ClN3O3S/c1-9-7-10(2)22-18-15(9)16(21)17(27-18)19(25)26-8-14(24)23-13-6-4-5-12(20)11(13)3/h4-7H,8,21H2,1-3H3,(H,23,24). The number of thiophene rings is 1. The third-order valence-corrected chi connectivity index (χ3v) is 5.57. The Bertz CT molecular complexity index is 1060. The van der Waals surface area contributed by atoms with Gasteiger partial charge in [-0.1, -0.05) is 17.7 Å². The van der Waals surface area contributed by atoms with E-state index < -0.39 is 18.5 Å². The van der Waals surface area contributed by atoms with Crippen LogP contribution in [0.4, 0.5) is 11.4 Å². The molecule has 0 saturated carbocycles. The lowest BCUT2D eigenvalue weighted by Gasteiger charge is -2.09. The van der Waals surface area contributed by atoms with Gasteiger partial charge in [0.15, 0.2) is 6.61 Å². The Hall–Kier alpha value is -2.64. The number of pyridine rings is 1. The number of nitrogens with one attached hydrogen (secondary N) is 1. The number of hydrogen-bond acceptors (Lipinski definition) is 6. The SMILES string of the molecule is Cc1cc(C)c2c(N)c(C(=O)OCC(=O)Nc3cccc(Cl)c3C)sc2n1. The minimum atomic E-state index is -0.648. The Balaban J connectivity index is 1.72. The van der Waals surface area contributed by atoms with E-state index in [1.165, 1.54) is 0 Å². The van der Waals surface area contributed by atoms with Crippen LogP contribution in [-0.2, 0) is 9.53 Å². The zero-order chi connectivity index (χ0) is 19.7. The lowest BCUT2D eigenvalue weighted by molar-refractivity contribution is -0.119. The summed E-state index contributed by atoms with van der Waals surface area (Å²) in [5.74, 6) is -1.11. The van der Waals surface area contributed by atoms with E-state index in [1.807, 2.05) is 19.9 Å². The number of aromatic nitrogens is 1. The van der Waals surface area contributed by atoms with E-state index in [9.17, 15) is 9.59 Å². The molecule has 27 heavy (non-hydrogen) atoms. The minimum Gasteiger partial charge on any atom is -0.451 e. The van der Waals surface area contributed by atoms with Crippen LogP contribution in [0, 0.1) is 20.8 Å². The van der Waals surface area contributed by atoms with Crippen molar-refractivity contribution in [1.82, 2.24) is 4.98 Å². The van der Waals surface area contributed by atoms with E-state index in [-0.39, 0.29) is 4.88 Å². The highest BCUT2D eigenvalue weighted by Gasteiger charge is 2.21. The predicted octanol–water partition coefficient (Wildman–Crippen LogP) is 4.25. The summed E-state index contributed by atoms with van der Waals surface area (Å²) in [7, 11) is 0. The summed E-state index contributed by atoms with van der Waals surface area (Å²) >= 11 is 7.19. The molecule has 2 aromatic heterocycles. The first kappa shape index (κ1) is 19.1. The number of nitrogens with two attached hydrogens (primary N) is 1. The van der Waals surface area contributed by atoms with Crippen LogP contribution >= 0.6 is 22.9 Å². The molecule has 0 saturated heterocycles. The van der Waals surface area contributed by atoms with Crippen molar-refractivity contribution < 1.29 is 14.3 Å². The number of benzene rings is 1. The first-order chi connectivity index (χ1) is 12.8. The topological polar surface area (TPSA) is 94.3 Å². The van der Waals surface area contributed by atoms with Crippen LogP contribution in [0.2, 0.25) is 5.02 Å². The molecule has 6 nitrogen and oxygen atoms in total. The van der Waals surface area contributed by atoms with Crippen LogP contribution in [0.25, 0.3) is 10.2 Å². The van der Waals surface area contributed by atoms with Crippen molar-refractivity contribution in [2.75, 3.05) is 17.7 Å². The van der Waals surface area contributed by atoms with Gasteiger partial charge in [-0.15, -0.1) is 11.3 Å². The van der Waals surface area contributed by atoms with E-state index in [0.29, 0.717) is 21.2 Å². The quantitative estimate of drug-likeness (QED) is 0.635. The van der Waals surface area contributed by atoms with Gasteiger partial charge >= 0.3 is 5.97 Å². The maximum atomic E-state index is 12.4. The molecule has 0 spiro atoms. The highest BCUT2D eigenvalue weighted by molar-refractivity contribution is 7.21. The molecule has 3 aromatic rings. The van der Waals surface area contributed by atoms with Crippen molar-refractivity contribution in [3.63, 3.8) is 0 Å². The zero-order valence-electron chi connectivity index (χ0n) is 15.1. The second-order valence-corrected chi connectivity index (χ2v) is 7.55. The van der Waals surface area contributed by atoms with Gasteiger partial charge in [0, 0.05) is 21.8 Å². The van der Waals surface area contributed by atoms with Gasteiger partial charge in [0.25, 0.3) is 5.91 Å². The van der Waals surface area contributed by atoms with Gasteiger partial charge in [-0.05, 0) is 50.1 Å². The summed E-state index contributed by atoms with van der Waals surface area (Å²) in [6, 6.07) is 7.09. The van der Waals surface area contributed by atoms with E-state index in [2.05, 4.69) is 10.3 Å². The molecule has 0 fully saturated rings. The van der Waals surface area contributed by atoms with Gasteiger partial charge in [-0.2, -0.15) is 0 Å². The average molecular weight is 404 g/mol. The normalized spacial score (nSPS) is 10.8. The predicted molar refractivity (Wildman–Crippen MR) is 109 cm³/mol. The molecular formula is C19H18ClN3O3S. The lowest BCUT2D eigenvalue weighted by Crippen LogP contribution is -2.21. The van der Waals surface area contributed by atoms with Crippen LogP contribution in [0.3, 0.4) is 0 Å². The number of halogens is 1. The fourth-order valence-corrected chi connectivity index (χ4v) is 4.03. The van der Waals surface area contributed by atoms with Crippen molar-refractivity contribution in [2.24, 2.45) is 0 Å². The summed E-state index contributed by atoms with van der Waals surface area (Å²) in [6.07, 6.45) is 0. The fraction of sp³-hybridized carbons (Fsp3) is 0.211. The Labute approximate surface area is 165 Å². The van der Waals surface area contributed by atoms with Gasteiger partial charge in [-0.25, -0.2) is 9.78 Å². The highest BCUT2D eigenvalue weighted by Crippen LogP contribution is 2.35. The molecule has 0 unspecified atom stereocenters. The summed E-state index contributed by atoms with van der Waals surface area (Å²) in [5.41, 5.74) is 9.54. The summed E-state index contributed by atoms with van der Waals surface area (Å²) in [4.78, 5) is 29.8. The number of nitrogens with zero attached hydrogens (tertiary/aromatic N) is 1. The molecule has 0 aliphatic heterocycles. The van der Waals surface area contributed by atoms with Crippen LogP contribution < -0.4 is 11.1 Å². The van der Waals surface area contributed by atoms with Gasteiger partial charge < -0.3 is 15.8 Å². The third-order valence-electron chi connectivity index (χ3n) is 4.09. The molecule has 3 rings (SSSR count). The van der Waals surface area contributed by atoms with Crippen molar-refractivity contribution in [3.05, 3.63) is 51.0 Å². The first-order valence-electron chi connectivity index (χ1n) is 8.16. The third kappa shape index (κ3) is 3.89. The summed E-state index contributed by atoms with van der Waals surface area (Å²) in [5, 5.41) is 3.96.